The van der Waals surface area contributed by atoms with Crippen molar-refractivity contribution in [3.05, 3.63) is 47.0 Å². The van der Waals surface area contributed by atoms with E-state index in [0.29, 0.717) is 18.3 Å². The molecule has 1 saturated heterocycles. The Balaban J connectivity index is 1.45. The predicted octanol–water partition coefficient (Wildman–Crippen LogP) is 3.37. The highest BCUT2D eigenvalue weighted by atomic mass is 32.1. The maximum atomic E-state index is 9.71. The lowest BCUT2D eigenvalue weighted by Crippen LogP contribution is -2.36. The van der Waals surface area contributed by atoms with Crippen LogP contribution in [0.3, 0.4) is 0 Å². The minimum absolute atomic E-state index is 0.176. The zero-order valence-electron chi connectivity index (χ0n) is 13.8. The van der Waals surface area contributed by atoms with Crippen LogP contribution in [0.5, 0.6) is 0 Å². The summed E-state index contributed by atoms with van der Waals surface area (Å²) >= 11 is 1.61. The molecule has 3 aromatic rings. The second-order valence-electron chi connectivity index (χ2n) is 6.11. The van der Waals surface area contributed by atoms with Crippen LogP contribution >= 0.6 is 11.3 Å². The predicted molar refractivity (Wildman–Crippen MR) is 98.8 cm³/mol. The van der Waals surface area contributed by atoms with Crippen molar-refractivity contribution in [2.75, 3.05) is 23.3 Å². The zero-order valence-corrected chi connectivity index (χ0v) is 14.6. The van der Waals surface area contributed by atoms with Crippen molar-refractivity contribution in [2.24, 2.45) is 0 Å². The van der Waals surface area contributed by atoms with Crippen molar-refractivity contribution < 1.29 is 9.63 Å². The Morgan fingerprint density at radius 3 is 2.88 bits per heavy atom. The molecule has 1 fully saturated rings. The minimum Gasteiger partial charge on any atom is -0.393 e. The van der Waals surface area contributed by atoms with E-state index in [1.807, 2.05) is 29.0 Å². The standard InChI is InChI=1S/C18H20N4O2S/c23-14-5-8-22(9-6-14)16-4-2-1-3-15(16)19-11-17-20-18(21-24-17)13-7-10-25-12-13/h1-4,7,10,12,14,19,23H,5-6,8-9,11H2. The lowest BCUT2D eigenvalue weighted by molar-refractivity contribution is 0.145. The van der Waals surface area contributed by atoms with Crippen LogP contribution in [-0.4, -0.2) is 34.4 Å². The number of aromatic nitrogens is 2. The fourth-order valence-corrected chi connectivity index (χ4v) is 3.65. The summed E-state index contributed by atoms with van der Waals surface area (Å²) in [5, 5.41) is 21.1. The average molecular weight is 356 g/mol. The molecule has 0 unspecified atom stereocenters. The van der Waals surface area contributed by atoms with E-state index < -0.39 is 0 Å². The second kappa shape index (κ2) is 7.25. The number of para-hydroxylation sites is 2. The number of nitrogens with zero attached hydrogens (tertiary/aromatic N) is 3. The van der Waals surface area contributed by atoms with E-state index in [9.17, 15) is 5.11 Å². The molecule has 4 rings (SSSR count). The number of anilines is 2. The summed E-state index contributed by atoms with van der Waals surface area (Å²) in [5.74, 6) is 1.18. The smallest absolute Gasteiger partial charge is 0.246 e. The number of benzene rings is 1. The summed E-state index contributed by atoms with van der Waals surface area (Å²) in [6.45, 7) is 2.20. The number of aliphatic hydroxyl groups excluding tert-OH is 1. The van der Waals surface area contributed by atoms with Crippen molar-refractivity contribution in [3.63, 3.8) is 0 Å². The van der Waals surface area contributed by atoms with Crippen LogP contribution in [0.1, 0.15) is 18.7 Å². The van der Waals surface area contributed by atoms with Crippen molar-refractivity contribution in [1.82, 2.24) is 10.1 Å². The van der Waals surface area contributed by atoms with Gasteiger partial charge < -0.3 is 19.8 Å². The minimum atomic E-state index is -0.176. The second-order valence-corrected chi connectivity index (χ2v) is 6.89. The van der Waals surface area contributed by atoms with E-state index in [2.05, 4.69) is 32.5 Å². The summed E-state index contributed by atoms with van der Waals surface area (Å²) < 4.78 is 5.34. The molecule has 0 radical (unpaired) electrons. The topological polar surface area (TPSA) is 74.4 Å². The molecule has 1 aliphatic rings. The molecular weight excluding hydrogens is 336 g/mol. The van der Waals surface area contributed by atoms with Gasteiger partial charge in [-0.2, -0.15) is 16.3 Å². The number of thiophene rings is 1. The monoisotopic (exact) mass is 356 g/mol. The Morgan fingerprint density at radius 1 is 1.24 bits per heavy atom. The van der Waals surface area contributed by atoms with Crippen LogP contribution in [0.25, 0.3) is 11.4 Å². The molecule has 1 aliphatic heterocycles. The van der Waals surface area contributed by atoms with Gasteiger partial charge in [0, 0.05) is 24.0 Å². The van der Waals surface area contributed by atoms with Crippen molar-refractivity contribution >= 4 is 22.7 Å². The fraction of sp³-hybridized carbons (Fsp3) is 0.333. The molecule has 3 heterocycles. The summed E-state index contributed by atoms with van der Waals surface area (Å²) in [6.07, 6.45) is 1.44. The summed E-state index contributed by atoms with van der Waals surface area (Å²) in [7, 11) is 0. The van der Waals surface area contributed by atoms with Crippen molar-refractivity contribution in [2.45, 2.75) is 25.5 Å². The van der Waals surface area contributed by atoms with Gasteiger partial charge in [0.25, 0.3) is 0 Å². The molecular formula is C18H20N4O2S. The summed E-state index contributed by atoms with van der Waals surface area (Å²) in [6, 6.07) is 10.2. The van der Waals surface area contributed by atoms with E-state index in [4.69, 9.17) is 4.52 Å². The highest BCUT2D eigenvalue weighted by Gasteiger charge is 2.19. The lowest BCUT2D eigenvalue weighted by atomic mass is 10.1. The molecule has 1 aromatic carbocycles. The third-order valence-corrected chi connectivity index (χ3v) is 5.07. The maximum Gasteiger partial charge on any atom is 0.246 e. The van der Waals surface area contributed by atoms with E-state index >= 15 is 0 Å². The molecule has 2 N–H and O–H groups in total. The van der Waals surface area contributed by atoms with Gasteiger partial charge in [-0.05, 0) is 36.4 Å². The van der Waals surface area contributed by atoms with Crippen LogP contribution in [0.2, 0.25) is 0 Å². The third-order valence-electron chi connectivity index (χ3n) is 4.39. The van der Waals surface area contributed by atoms with E-state index in [1.165, 1.54) is 0 Å². The van der Waals surface area contributed by atoms with E-state index in [0.717, 1.165) is 42.9 Å². The largest absolute Gasteiger partial charge is 0.393 e. The molecule has 25 heavy (non-hydrogen) atoms. The van der Waals surface area contributed by atoms with Gasteiger partial charge in [-0.1, -0.05) is 17.3 Å². The van der Waals surface area contributed by atoms with Crippen molar-refractivity contribution in [3.8, 4) is 11.4 Å². The fourth-order valence-electron chi connectivity index (χ4n) is 3.01. The molecule has 0 bridgehead atoms. The van der Waals surface area contributed by atoms with Gasteiger partial charge in [-0.3, -0.25) is 0 Å². The Kier molecular flexibility index (Phi) is 4.67. The van der Waals surface area contributed by atoms with E-state index in [1.54, 1.807) is 11.3 Å². The summed E-state index contributed by atoms with van der Waals surface area (Å²) in [4.78, 5) is 6.74. The molecule has 7 heteroatoms. The molecule has 130 valence electrons. The third kappa shape index (κ3) is 3.67. The Bertz CT molecular complexity index is 810. The molecule has 2 aromatic heterocycles. The van der Waals surface area contributed by atoms with Crippen LogP contribution in [-0.2, 0) is 6.54 Å². The molecule has 6 nitrogen and oxygen atoms in total. The summed E-state index contributed by atoms with van der Waals surface area (Å²) in [5.41, 5.74) is 3.16. The number of nitrogens with one attached hydrogen (secondary N) is 1. The van der Waals surface area contributed by atoms with Gasteiger partial charge >= 0.3 is 0 Å². The Labute approximate surface area is 150 Å². The van der Waals surface area contributed by atoms with Crippen LogP contribution in [0, 0.1) is 0 Å². The number of piperidine rings is 1. The molecule has 0 saturated carbocycles. The Morgan fingerprint density at radius 2 is 2.08 bits per heavy atom. The number of rotatable bonds is 5. The average Bonchev–Trinajstić information content (AvgIpc) is 3.32. The van der Waals surface area contributed by atoms with Gasteiger partial charge in [-0.25, -0.2) is 0 Å². The zero-order chi connectivity index (χ0) is 17.1. The first-order chi connectivity index (χ1) is 12.3. The first kappa shape index (κ1) is 16.1. The normalized spacial score (nSPS) is 15.5. The Hall–Kier alpha value is -2.38. The SMILES string of the molecule is OC1CCN(c2ccccc2NCc2nc(-c3ccsc3)no2)CC1. The maximum absolute atomic E-state index is 9.71. The molecule has 0 aliphatic carbocycles. The van der Waals surface area contributed by atoms with Gasteiger partial charge in [0.05, 0.1) is 24.0 Å². The van der Waals surface area contributed by atoms with Crippen LogP contribution in [0.15, 0.2) is 45.6 Å². The highest BCUT2D eigenvalue weighted by Crippen LogP contribution is 2.29. The van der Waals surface area contributed by atoms with Gasteiger partial charge in [-0.15, -0.1) is 0 Å². The van der Waals surface area contributed by atoms with Crippen LogP contribution in [0.4, 0.5) is 11.4 Å². The number of hydrogen-bond donors (Lipinski definition) is 2. The molecule has 0 spiro atoms. The number of aliphatic hydroxyl groups is 1. The van der Waals surface area contributed by atoms with Gasteiger partial charge in [0.15, 0.2) is 0 Å². The molecule has 0 atom stereocenters. The molecule has 0 amide bonds. The van der Waals surface area contributed by atoms with Crippen molar-refractivity contribution in [1.29, 1.82) is 0 Å². The van der Waals surface area contributed by atoms with Gasteiger partial charge in [0.2, 0.25) is 11.7 Å². The quantitative estimate of drug-likeness (QED) is 0.730. The van der Waals surface area contributed by atoms with E-state index in [-0.39, 0.29) is 6.10 Å². The highest BCUT2D eigenvalue weighted by molar-refractivity contribution is 7.08. The lowest BCUT2D eigenvalue weighted by Gasteiger charge is -2.32. The van der Waals surface area contributed by atoms with Gasteiger partial charge in [0.1, 0.15) is 0 Å². The number of hydrogen-bond acceptors (Lipinski definition) is 7. The first-order valence-corrected chi connectivity index (χ1v) is 9.35. The first-order valence-electron chi connectivity index (χ1n) is 8.40. The van der Waals surface area contributed by atoms with Crippen LogP contribution < -0.4 is 10.2 Å².